The fraction of sp³-hybridized carbons (Fsp3) is 0.500. The van der Waals surface area contributed by atoms with Crippen LogP contribution in [0, 0.1) is 5.92 Å². The van der Waals surface area contributed by atoms with Crippen LogP contribution in [0.5, 0.6) is 0 Å². The van der Waals surface area contributed by atoms with E-state index in [4.69, 9.17) is 4.74 Å². The minimum atomic E-state index is -0.539. The summed E-state index contributed by atoms with van der Waals surface area (Å²) in [6, 6.07) is 0. The van der Waals surface area contributed by atoms with Crippen LogP contribution in [0.25, 0.3) is 5.82 Å². The van der Waals surface area contributed by atoms with Gasteiger partial charge < -0.3 is 4.74 Å². The van der Waals surface area contributed by atoms with Crippen molar-refractivity contribution in [2.45, 2.75) is 45.1 Å². The van der Waals surface area contributed by atoms with Crippen molar-refractivity contribution in [2.75, 3.05) is 5.32 Å². The van der Waals surface area contributed by atoms with E-state index in [1.54, 1.807) is 18.6 Å². The summed E-state index contributed by atoms with van der Waals surface area (Å²) in [4.78, 5) is 20.5. The van der Waals surface area contributed by atoms with E-state index in [9.17, 15) is 4.79 Å². The van der Waals surface area contributed by atoms with Crippen molar-refractivity contribution in [2.24, 2.45) is 5.92 Å². The van der Waals surface area contributed by atoms with E-state index in [2.05, 4.69) is 20.4 Å². The largest absolute Gasteiger partial charge is 0.444 e. The molecule has 0 saturated heterocycles. The molecule has 2 aromatic rings. The molecule has 1 amide bonds. The maximum absolute atomic E-state index is 12.1. The maximum atomic E-state index is 12.1. The van der Waals surface area contributed by atoms with Crippen LogP contribution in [-0.4, -0.2) is 31.4 Å². The maximum Gasteiger partial charge on any atom is 0.413 e. The summed E-state index contributed by atoms with van der Waals surface area (Å²) in [5.41, 5.74) is 1.72. The molecule has 4 rings (SSSR count). The van der Waals surface area contributed by atoms with Gasteiger partial charge in [-0.1, -0.05) is 0 Å². The molecule has 0 unspecified atom stereocenters. The molecule has 1 saturated carbocycles. The Morgan fingerprint density at radius 1 is 1.39 bits per heavy atom. The van der Waals surface area contributed by atoms with Crippen LogP contribution in [0.1, 0.15) is 44.4 Å². The molecule has 1 fully saturated rings. The third kappa shape index (κ3) is 2.56. The monoisotopic (exact) mass is 313 g/mol. The minimum Gasteiger partial charge on any atom is -0.444 e. The van der Waals surface area contributed by atoms with E-state index in [1.807, 2.05) is 25.5 Å². The van der Waals surface area contributed by atoms with E-state index in [0.29, 0.717) is 23.5 Å². The van der Waals surface area contributed by atoms with Gasteiger partial charge in [-0.15, -0.1) is 5.10 Å². The van der Waals surface area contributed by atoms with Crippen molar-refractivity contribution in [1.29, 1.82) is 0 Å². The number of carbonyl (C=O) groups excluding carboxylic acids is 1. The number of nitrogens with zero attached hydrogens (tertiary/aromatic N) is 4. The van der Waals surface area contributed by atoms with Gasteiger partial charge in [0.15, 0.2) is 11.6 Å². The highest BCUT2D eigenvalue weighted by Crippen LogP contribution is 2.58. The molecule has 7 heteroatoms. The van der Waals surface area contributed by atoms with Gasteiger partial charge in [-0.2, -0.15) is 0 Å². The topological polar surface area (TPSA) is 81.9 Å². The molecule has 2 aliphatic carbocycles. The summed E-state index contributed by atoms with van der Waals surface area (Å²) in [5.74, 6) is 2.44. The Kier molecular flexibility index (Phi) is 2.94. The van der Waals surface area contributed by atoms with Gasteiger partial charge in [0.1, 0.15) is 5.60 Å². The summed E-state index contributed by atoms with van der Waals surface area (Å²) in [5, 5.41) is 7.34. The molecule has 2 heterocycles. The Morgan fingerprint density at radius 3 is 2.91 bits per heavy atom. The Labute approximate surface area is 134 Å². The summed E-state index contributed by atoms with van der Waals surface area (Å²) in [7, 11) is 0. The van der Waals surface area contributed by atoms with Crippen LogP contribution in [0.15, 0.2) is 18.6 Å². The molecular weight excluding hydrogens is 294 g/mol. The van der Waals surface area contributed by atoms with Gasteiger partial charge in [0.2, 0.25) is 0 Å². The first-order valence-corrected chi connectivity index (χ1v) is 7.80. The van der Waals surface area contributed by atoms with Crippen molar-refractivity contribution in [3.05, 3.63) is 29.8 Å². The highest BCUT2D eigenvalue weighted by molar-refractivity contribution is 5.85. The quantitative estimate of drug-likeness (QED) is 0.921. The number of hydrogen-bond donors (Lipinski definition) is 1. The summed E-state index contributed by atoms with van der Waals surface area (Å²) in [6.45, 7) is 5.51. The van der Waals surface area contributed by atoms with Gasteiger partial charge in [0.25, 0.3) is 0 Å². The Hall–Kier alpha value is -2.44. The first kappa shape index (κ1) is 14.2. The second-order valence-corrected chi connectivity index (χ2v) is 7.12. The molecule has 0 aliphatic heterocycles. The van der Waals surface area contributed by atoms with Gasteiger partial charge in [-0.05, 0) is 39.5 Å². The standard InChI is InChI=1S/C16H19N5O2/c1-16(2,3)23-15(22)19-14-11-7-9-6-10(9)13(11)21(20-14)12-8-17-4-5-18-12/h4-5,8-10H,6-7H2,1-3H3,(H,19,20,22)/t9-,10-/m0/s1. The van der Waals surface area contributed by atoms with E-state index in [-0.39, 0.29) is 0 Å². The van der Waals surface area contributed by atoms with Gasteiger partial charge in [-0.3, -0.25) is 10.3 Å². The molecule has 2 atom stereocenters. The first-order chi connectivity index (χ1) is 10.9. The molecule has 0 spiro atoms. The number of nitrogens with one attached hydrogen (secondary N) is 1. The van der Waals surface area contributed by atoms with Gasteiger partial charge >= 0.3 is 6.09 Å². The molecule has 0 bridgehead atoms. The van der Waals surface area contributed by atoms with Crippen LogP contribution < -0.4 is 5.32 Å². The molecule has 1 N–H and O–H groups in total. The van der Waals surface area contributed by atoms with Crippen LogP contribution >= 0.6 is 0 Å². The third-order valence-electron chi connectivity index (χ3n) is 4.15. The first-order valence-electron chi connectivity index (χ1n) is 7.80. The zero-order valence-electron chi connectivity index (χ0n) is 13.4. The number of rotatable bonds is 2. The predicted octanol–water partition coefficient (Wildman–Crippen LogP) is 2.67. The fourth-order valence-electron chi connectivity index (χ4n) is 3.19. The van der Waals surface area contributed by atoms with Crippen LogP contribution in [0.2, 0.25) is 0 Å². The third-order valence-corrected chi connectivity index (χ3v) is 4.15. The molecule has 2 aromatic heterocycles. The minimum absolute atomic E-state index is 0.482. The normalized spacial score (nSPS) is 21.5. The number of carbonyl (C=O) groups is 1. The smallest absolute Gasteiger partial charge is 0.413 e. The molecule has 0 radical (unpaired) electrons. The number of hydrogen-bond acceptors (Lipinski definition) is 5. The molecule has 2 aliphatic rings. The van der Waals surface area contributed by atoms with E-state index in [0.717, 1.165) is 17.7 Å². The lowest BCUT2D eigenvalue weighted by molar-refractivity contribution is 0.0635. The second-order valence-electron chi connectivity index (χ2n) is 7.12. The summed E-state index contributed by atoms with van der Waals surface area (Å²) in [6.07, 6.45) is 6.61. The predicted molar refractivity (Wildman–Crippen MR) is 83.6 cm³/mol. The molecule has 0 aromatic carbocycles. The Morgan fingerprint density at radius 2 is 2.22 bits per heavy atom. The van der Waals surface area contributed by atoms with Crippen molar-refractivity contribution < 1.29 is 9.53 Å². The van der Waals surface area contributed by atoms with E-state index < -0.39 is 11.7 Å². The van der Waals surface area contributed by atoms with Crippen molar-refractivity contribution in [3.63, 3.8) is 0 Å². The fourth-order valence-corrected chi connectivity index (χ4v) is 3.19. The highest BCUT2D eigenvalue weighted by atomic mass is 16.6. The number of amides is 1. The van der Waals surface area contributed by atoms with Crippen molar-refractivity contribution in [3.8, 4) is 5.82 Å². The zero-order chi connectivity index (χ0) is 16.2. The second kappa shape index (κ2) is 4.78. The lowest BCUT2D eigenvalue weighted by Crippen LogP contribution is -2.27. The van der Waals surface area contributed by atoms with Crippen LogP contribution in [0.4, 0.5) is 10.6 Å². The number of anilines is 1. The average Bonchev–Trinajstić information content (AvgIpc) is 3.00. The Balaban J connectivity index is 1.67. The number of ether oxygens (including phenoxy) is 1. The Bertz CT molecular complexity index is 763. The van der Waals surface area contributed by atoms with E-state index >= 15 is 0 Å². The molecule has 120 valence electrons. The summed E-state index contributed by atoms with van der Waals surface area (Å²) < 4.78 is 7.14. The molecule has 7 nitrogen and oxygen atoms in total. The van der Waals surface area contributed by atoms with Crippen LogP contribution in [0.3, 0.4) is 0 Å². The lowest BCUT2D eigenvalue weighted by Gasteiger charge is -2.19. The van der Waals surface area contributed by atoms with Gasteiger partial charge in [0, 0.05) is 23.9 Å². The lowest BCUT2D eigenvalue weighted by atomic mass is 10.2. The van der Waals surface area contributed by atoms with E-state index in [1.165, 1.54) is 6.42 Å². The van der Waals surface area contributed by atoms with Gasteiger partial charge in [0.05, 0.1) is 11.9 Å². The number of fused-ring (bicyclic) bond motifs is 3. The SMILES string of the molecule is CC(C)(C)OC(=O)Nc1nn(-c2cnccn2)c2c1C[C@@H]1C[C@H]21. The summed E-state index contributed by atoms with van der Waals surface area (Å²) >= 11 is 0. The average molecular weight is 313 g/mol. The van der Waals surface area contributed by atoms with Crippen LogP contribution in [-0.2, 0) is 11.2 Å². The highest BCUT2D eigenvalue weighted by Gasteiger charge is 2.50. The zero-order valence-corrected chi connectivity index (χ0v) is 13.4. The molecule has 23 heavy (non-hydrogen) atoms. The molecular formula is C16H19N5O2. The van der Waals surface area contributed by atoms with Gasteiger partial charge in [-0.25, -0.2) is 14.5 Å². The number of aromatic nitrogens is 4. The van der Waals surface area contributed by atoms with Crippen molar-refractivity contribution >= 4 is 11.9 Å². The van der Waals surface area contributed by atoms with Crippen molar-refractivity contribution in [1.82, 2.24) is 19.7 Å².